The van der Waals surface area contributed by atoms with Gasteiger partial charge in [0, 0.05) is 6.54 Å². The van der Waals surface area contributed by atoms with Gasteiger partial charge in [0.1, 0.15) is 22.8 Å². The molecule has 0 saturated carbocycles. The number of amides is 1. The molecule has 138 valence electrons. The number of nitrogens with zero attached hydrogens (tertiary/aromatic N) is 1. The first kappa shape index (κ1) is 19.0. The van der Waals surface area contributed by atoms with E-state index in [9.17, 15) is 9.18 Å². The topological polar surface area (TPSA) is 67.2 Å². The Kier molecular flexibility index (Phi) is 5.83. The number of aryl methyl sites for hydroxylation is 1. The molecule has 2 aromatic carbocycles. The number of carbonyl (C=O) groups is 1. The number of thiocarbonyl (C=S) groups is 1. The molecule has 3 aromatic rings. The summed E-state index contributed by atoms with van der Waals surface area (Å²) < 4.78 is 19.3. The standard InChI is InChI=1S/C19H15ClFN3O2S/c1-11-15(17(24-26-11)16-13(20)8-5-9-14(16)21)18(25)23-19(27)22-10-12-6-3-2-4-7-12/h2-9H,10H2,1H3,(H2,22,23,25,27). The van der Waals surface area contributed by atoms with Crippen LogP contribution in [0, 0.1) is 12.7 Å². The van der Waals surface area contributed by atoms with Gasteiger partial charge in [-0.1, -0.05) is 53.2 Å². The van der Waals surface area contributed by atoms with Crippen LogP contribution in [0.25, 0.3) is 11.3 Å². The molecule has 0 saturated heterocycles. The normalized spacial score (nSPS) is 10.5. The molecule has 8 heteroatoms. The Morgan fingerprint density at radius 2 is 1.96 bits per heavy atom. The first-order chi connectivity index (χ1) is 13.0. The molecular formula is C19H15ClFN3O2S. The van der Waals surface area contributed by atoms with Gasteiger partial charge in [0.25, 0.3) is 5.91 Å². The van der Waals surface area contributed by atoms with Crippen LogP contribution in [0.1, 0.15) is 21.7 Å². The maximum Gasteiger partial charge on any atom is 0.263 e. The Morgan fingerprint density at radius 3 is 2.67 bits per heavy atom. The van der Waals surface area contributed by atoms with Crippen LogP contribution in [0.4, 0.5) is 4.39 Å². The molecule has 27 heavy (non-hydrogen) atoms. The number of carbonyl (C=O) groups excluding carboxylic acids is 1. The van der Waals surface area contributed by atoms with Crippen molar-refractivity contribution in [1.82, 2.24) is 15.8 Å². The Balaban J connectivity index is 1.78. The second kappa shape index (κ2) is 8.28. The second-order valence-electron chi connectivity index (χ2n) is 5.68. The van der Waals surface area contributed by atoms with Gasteiger partial charge >= 0.3 is 0 Å². The van der Waals surface area contributed by atoms with E-state index in [1.54, 1.807) is 6.92 Å². The largest absolute Gasteiger partial charge is 0.360 e. The van der Waals surface area contributed by atoms with Gasteiger partial charge in [-0.05, 0) is 36.8 Å². The van der Waals surface area contributed by atoms with Crippen molar-refractivity contribution in [2.45, 2.75) is 13.5 Å². The Labute approximate surface area is 165 Å². The van der Waals surface area contributed by atoms with E-state index in [0.717, 1.165) is 5.56 Å². The molecule has 3 rings (SSSR count). The van der Waals surface area contributed by atoms with Crippen LogP contribution >= 0.6 is 23.8 Å². The van der Waals surface area contributed by atoms with Crippen molar-refractivity contribution in [1.29, 1.82) is 0 Å². The minimum atomic E-state index is -0.602. The molecule has 1 amide bonds. The summed E-state index contributed by atoms with van der Waals surface area (Å²) in [6, 6.07) is 13.8. The van der Waals surface area contributed by atoms with Crippen molar-refractivity contribution in [3.05, 3.63) is 76.3 Å². The summed E-state index contributed by atoms with van der Waals surface area (Å²) in [7, 11) is 0. The van der Waals surface area contributed by atoms with E-state index in [2.05, 4.69) is 15.8 Å². The third kappa shape index (κ3) is 4.32. The third-order valence-electron chi connectivity index (χ3n) is 3.81. The molecule has 0 aliphatic heterocycles. The summed E-state index contributed by atoms with van der Waals surface area (Å²) in [6.45, 7) is 2.01. The van der Waals surface area contributed by atoms with Crippen LogP contribution in [0.2, 0.25) is 5.02 Å². The fraction of sp³-hybridized carbons (Fsp3) is 0.105. The SMILES string of the molecule is Cc1onc(-c2c(F)cccc2Cl)c1C(=O)NC(=S)NCc1ccccc1. The number of hydrogen-bond acceptors (Lipinski definition) is 4. The molecule has 0 aliphatic rings. The highest BCUT2D eigenvalue weighted by atomic mass is 35.5. The highest BCUT2D eigenvalue weighted by molar-refractivity contribution is 7.80. The smallest absolute Gasteiger partial charge is 0.263 e. The van der Waals surface area contributed by atoms with Crippen molar-refractivity contribution in [3.8, 4) is 11.3 Å². The Hall–Kier alpha value is -2.77. The van der Waals surface area contributed by atoms with Crippen LogP contribution in [0.15, 0.2) is 53.1 Å². The van der Waals surface area contributed by atoms with E-state index >= 15 is 0 Å². The van der Waals surface area contributed by atoms with Crippen LogP contribution in [-0.4, -0.2) is 16.2 Å². The zero-order valence-electron chi connectivity index (χ0n) is 14.3. The van der Waals surface area contributed by atoms with E-state index in [4.69, 9.17) is 28.3 Å². The summed E-state index contributed by atoms with van der Waals surface area (Å²) >= 11 is 11.2. The van der Waals surface area contributed by atoms with Crippen molar-refractivity contribution in [3.63, 3.8) is 0 Å². The molecule has 0 fully saturated rings. The predicted molar refractivity (Wildman–Crippen MR) is 105 cm³/mol. The number of benzene rings is 2. The average Bonchev–Trinajstić information content (AvgIpc) is 3.02. The van der Waals surface area contributed by atoms with Gasteiger partial charge in [-0.25, -0.2) is 4.39 Å². The summed E-state index contributed by atoms with van der Waals surface area (Å²) in [5.41, 5.74) is 1.11. The maximum absolute atomic E-state index is 14.2. The van der Waals surface area contributed by atoms with Crippen LogP contribution < -0.4 is 10.6 Å². The number of rotatable bonds is 4. The molecule has 0 radical (unpaired) electrons. The predicted octanol–water partition coefficient (Wildman–Crippen LogP) is 4.25. The molecule has 5 nitrogen and oxygen atoms in total. The lowest BCUT2D eigenvalue weighted by Crippen LogP contribution is -2.39. The van der Waals surface area contributed by atoms with E-state index in [1.165, 1.54) is 18.2 Å². The highest BCUT2D eigenvalue weighted by Gasteiger charge is 2.25. The van der Waals surface area contributed by atoms with Gasteiger partial charge in [-0.15, -0.1) is 0 Å². The molecule has 2 N–H and O–H groups in total. The molecule has 1 heterocycles. The van der Waals surface area contributed by atoms with Gasteiger partial charge in [0.15, 0.2) is 5.11 Å². The van der Waals surface area contributed by atoms with E-state index < -0.39 is 11.7 Å². The van der Waals surface area contributed by atoms with Gasteiger partial charge < -0.3 is 9.84 Å². The Morgan fingerprint density at radius 1 is 1.22 bits per heavy atom. The van der Waals surface area contributed by atoms with Crippen LogP contribution in [0.3, 0.4) is 0 Å². The fourth-order valence-corrected chi connectivity index (χ4v) is 2.94. The molecule has 0 bridgehead atoms. The summed E-state index contributed by atoms with van der Waals surface area (Å²) in [5.74, 6) is -0.934. The van der Waals surface area contributed by atoms with E-state index in [0.29, 0.717) is 6.54 Å². The lowest BCUT2D eigenvalue weighted by Gasteiger charge is -2.10. The van der Waals surface area contributed by atoms with Crippen LogP contribution in [0.5, 0.6) is 0 Å². The monoisotopic (exact) mass is 403 g/mol. The zero-order valence-corrected chi connectivity index (χ0v) is 15.8. The van der Waals surface area contributed by atoms with Crippen molar-refractivity contribution >= 4 is 34.8 Å². The summed E-state index contributed by atoms with van der Waals surface area (Å²) in [4.78, 5) is 12.7. The van der Waals surface area contributed by atoms with E-state index in [-0.39, 0.29) is 32.7 Å². The lowest BCUT2D eigenvalue weighted by molar-refractivity contribution is 0.0975. The second-order valence-corrected chi connectivity index (χ2v) is 6.50. The third-order valence-corrected chi connectivity index (χ3v) is 4.37. The number of nitrogens with one attached hydrogen (secondary N) is 2. The molecule has 1 aromatic heterocycles. The fourth-order valence-electron chi connectivity index (χ4n) is 2.52. The van der Waals surface area contributed by atoms with Crippen molar-refractivity contribution in [2.24, 2.45) is 0 Å². The van der Waals surface area contributed by atoms with Crippen molar-refractivity contribution < 1.29 is 13.7 Å². The molecule has 0 spiro atoms. The molecule has 0 unspecified atom stereocenters. The van der Waals surface area contributed by atoms with Gasteiger partial charge in [0.2, 0.25) is 0 Å². The minimum Gasteiger partial charge on any atom is -0.360 e. The van der Waals surface area contributed by atoms with Crippen molar-refractivity contribution in [2.75, 3.05) is 0 Å². The van der Waals surface area contributed by atoms with Gasteiger partial charge in [-0.2, -0.15) is 0 Å². The highest BCUT2D eigenvalue weighted by Crippen LogP contribution is 2.33. The van der Waals surface area contributed by atoms with E-state index in [1.807, 2.05) is 30.3 Å². The zero-order chi connectivity index (χ0) is 19.4. The molecule has 0 aliphatic carbocycles. The van der Waals surface area contributed by atoms with Crippen LogP contribution in [-0.2, 0) is 6.54 Å². The van der Waals surface area contributed by atoms with Gasteiger partial charge in [-0.3, -0.25) is 10.1 Å². The quantitative estimate of drug-likeness (QED) is 0.637. The first-order valence-corrected chi connectivity index (χ1v) is 8.79. The Bertz CT molecular complexity index is 972. The summed E-state index contributed by atoms with van der Waals surface area (Å²) in [5, 5.41) is 9.57. The molecule has 0 atom stereocenters. The summed E-state index contributed by atoms with van der Waals surface area (Å²) in [6.07, 6.45) is 0. The number of hydrogen-bond donors (Lipinski definition) is 2. The van der Waals surface area contributed by atoms with Gasteiger partial charge in [0.05, 0.1) is 10.6 Å². The molecular weight excluding hydrogens is 389 g/mol. The average molecular weight is 404 g/mol. The maximum atomic E-state index is 14.2. The number of halogens is 2. The first-order valence-electron chi connectivity index (χ1n) is 8.01. The lowest BCUT2D eigenvalue weighted by atomic mass is 10.0. The number of aromatic nitrogens is 1. The minimum absolute atomic E-state index is 0.00401.